The minimum atomic E-state index is -0.726. The summed E-state index contributed by atoms with van der Waals surface area (Å²) in [5.41, 5.74) is 0.316. The molecule has 0 radical (unpaired) electrons. The second-order valence-electron chi connectivity index (χ2n) is 6.21. The summed E-state index contributed by atoms with van der Waals surface area (Å²) in [5.74, 6) is -0.519. The summed E-state index contributed by atoms with van der Waals surface area (Å²) in [6.45, 7) is 2.95. The van der Waals surface area contributed by atoms with Crippen molar-refractivity contribution in [3.05, 3.63) is 16.1 Å². The molecule has 1 aromatic rings. The van der Waals surface area contributed by atoms with Crippen LogP contribution >= 0.6 is 11.3 Å². The molecule has 114 valence electrons. The second kappa shape index (κ2) is 5.40. The summed E-state index contributed by atoms with van der Waals surface area (Å²) in [5, 5.41) is 12.5. The molecule has 0 bridgehead atoms. The number of hydrogen-bond acceptors (Lipinski definition) is 4. The van der Waals surface area contributed by atoms with E-state index in [2.05, 4.69) is 4.98 Å². The Hall–Kier alpha value is -1.43. The minimum Gasteiger partial charge on any atom is -0.481 e. The zero-order valence-corrected chi connectivity index (χ0v) is 13.0. The summed E-state index contributed by atoms with van der Waals surface area (Å²) in [4.78, 5) is 30.1. The molecule has 0 aromatic carbocycles. The lowest BCUT2D eigenvalue weighted by atomic mass is 9.81. The molecule has 6 heteroatoms. The van der Waals surface area contributed by atoms with Gasteiger partial charge < -0.3 is 10.0 Å². The molecule has 1 aliphatic carbocycles. The number of carbonyl (C=O) groups is 2. The van der Waals surface area contributed by atoms with Crippen molar-refractivity contribution in [3.8, 4) is 0 Å². The zero-order chi connectivity index (χ0) is 15.0. The summed E-state index contributed by atoms with van der Waals surface area (Å²) in [7, 11) is 0. The molecule has 5 nitrogen and oxygen atoms in total. The highest BCUT2D eigenvalue weighted by Gasteiger charge is 2.55. The van der Waals surface area contributed by atoms with Crippen LogP contribution in [0.25, 0.3) is 0 Å². The molecule has 1 aliphatic heterocycles. The molecule has 21 heavy (non-hydrogen) atoms. The van der Waals surface area contributed by atoms with E-state index in [9.17, 15) is 14.7 Å². The van der Waals surface area contributed by atoms with Crippen LogP contribution in [0, 0.1) is 18.3 Å². The number of aryl methyl sites for hydroxylation is 2. The summed E-state index contributed by atoms with van der Waals surface area (Å²) < 4.78 is 0. The van der Waals surface area contributed by atoms with Crippen LogP contribution in [0.2, 0.25) is 0 Å². The smallest absolute Gasteiger partial charge is 0.311 e. The maximum absolute atomic E-state index is 12.3. The van der Waals surface area contributed by atoms with Crippen molar-refractivity contribution < 1.29 is 14.7 Å². The number of likely N-dealkylation sites (tertiary alicyclic amines) is 1. The molecule has 0 unspecified atom stereocenters. The lowest BCUT2D eigenvalue weighted by Gasteiger charge is -2.23. The summed E-state index contributed by atoms with van der Waals surface area (Å²) >= 11 is 1.58. The molecular weight excluding hydrogens is 288 g/mol. The monoisotopic (exact) mass is 308 g/mol. The van der Waals surface area contributed by atoms with Crippen LogP contribution in [-0.2, 0) is 16.0 Å². The Morgan fingerprint density at radius 3 is 3.00 bits per heavy atom. The van der Waals surface area contributed by atoms with Crippen molar-refractivity contribution in [1.82, 2.24) is 9.88 Å². The highest BCUT2D eigenvalue weighted by molar-refractivity contribution is 7.09. The van der Waals surface area contributed by atoms with Gasteiger partial charge in [-0.05, 0) is 25.7 Å². The van der Waals surface area contributed by atoms with Gasteiger partial charge in [0.1, 0.15) is 0 Å². The van der Waals surface area contributed by atoms with E-state index in [-0.39, 0.29) is 11.8 Å². The van der Waals surface area contributed by atoms with Gasteiger partial charge in [0.15, 0.2) is 0 Å². The Bertz CT molecular complexity index is 571. The topological polar surface area (TPSA) is 70.5 Å². The Morgan fingerprint density at radius 2 is 2.38 bits per heavy atom. The number of carboxylic acid groups (broad SMARTS) is 1. The Morgan fingerprint density at radius 1 is 1.57 bits per heavy atom. The van der Waals surface area contributed by atoms with Crippen LogP contribution < -0.4 is 0 Å². The number of nitrogens with zero attached hydrogens (tertiary/aromatic N) is 2. The Labute approximate surface area is 128 Å². The van der Waals surface area contributed by atoms with Gasteiger partial charge in [-0.15, -0.1) is 11.3 Å². The molecule has 2 aliphatic rings. The lowest BCUT2D eigenvalue weighted by Crippen LogP contribution is -2.37. The van der Waals surface area contributed by atoms with Gasteiger partial charge in [0, 0.05) is 37.0 Å². The van der Waals surface area contributed by atoms with E-state index in [4.69, 9.17) is 0 Å². The fourth-order valence-electron chi connectivity index (χ4n) is 3.72. The Balaban J connectivity index is 1.61. The molecule has 1 N–H and O–H groups in total. The molecular formula is C15H20N2O3S. The zero-order valence-electron chi connectivity index (χ0n) is 12.2. The van der Waals surface area contributed by atoms with E-state index >= 15 is 0 Å². The third kappa shape index (κ3) is 2.57. The van der Waals surface area contributed by atoms with Crippen LogP contribution in [0.1, 0.15) is 36.4 Å². The van der Waals surface area contributed by atoms with Crippen molar-refractivity contribution in [2.75, 3.05) is 13.1 Å². The number of aliphatic carboxylic acids is 1. The standard InChI is InChI=1S/C15H20N2O3S/c1-10-8-21-12(16-10)4-5-13(18)17-7-11-3-2-6-15(11,9-17)14(19)20/h8,11H,2-7,9H2,1H3,(H,19,20)/t11-,15+/m0/s1. The van der Waals surface area contributed by atoms with Gasteiger partial charge in [0.05, 0.1) is 10.4 Å². The van der Waals surface area contributed by atoms with Gasteiger partial charge in [-0.25, -0.2) is 4.98 Å². The first kappa shape index (κ1) is 14.5. The van der Waals surface area contributed by atoms with Crippen molar-refractivity contribution in [2.45, 2.75) is 39.0 Å². The van der Waals surface area contributed by atoms with Gasteiger partial charge in [0.25, 0.3) is 0 Å². The van der Waals surface area contributed by atoms with Crippen LogP contribution in [0.5, 0.6) is 0 Å². The third-order valence-electron chi connectivity index (χ3n) is 4.87. The number of carbonyl (C=O) groups excluding carboxylic acids is 1. The average molecular weight is 308 g/mol. The van der Waals surface area contributed by atoms with E-state index in [0.29, 0.717) is 32.4 Å². The SMILES string of the molecule is Cc1csc(CCC(=O)N2C[C@@H]3CCC[C@@]3(C(=O)O)C2)n1. The normalized spacial score (nSPS) is 27.9. The van der Waals surface area contributed by atoms with Gasteiger partial charge >= 0.3 is 5.97 Å². The van der Waals surface area contributed by atoms with E-state index < -0.39 is 11.4 Å². The van der Waals surface area contributed by atoms with Crippen LogP contribution in [0.3, 0.4) is 0 Å². The highest BCUT2D eigenvalue weighted by Crippen LogP contribution is 2.48. The number of fused-ring (bicyclic) bond motifs is 1. The molecule has 1 saturated carbocycles. The Kier molecular flexibility index (Phi) is 3.73. The predicted molar refractivity (Wildman–Crippen MR) is 79.2 cm³/mol. The minimum absolute atomic E-state index is 0.0675. The number of rotatable bonds is 4. The molecule has 1 aromatic heterocycles. The first-order valence-corrected chi connectivity index (χ1v) is 8.31. The first-order chi connectivity index (χ1) is 10.0. The fraction of sp³-hybridized carbons (Fsp3) is 0.667. The van der Waals surface area contributed by atoms with E-state index in [1.807, 2.05) is 12.3 Å². The van der Waals surface area contributed by atoms with Crippen LogP contribution in [0.4, 0.5) is 0 Å². The predicted octanol–water partition coefficient (Wildman–Crippen LogP) is 2.10. The molecule has 0 spiro atoms. The number of carboxylic acids is 1. The molecule has 2 heterocycles. The van der Waals surface area contributed by atoms with Crippen molar-refractivity contribution in [1.29, 1.82) is 0 Å². The number of thiazole rings is 1. The summed E-state index contributed by atoms with van der Waals surface area (Å²) in [6, 6.07) is 0. The van der Waals surface area contributed by atoms with E-state index in [1.54, 1.807) is 16.2 Å². The number of amides is 1. The number of aromatic nitrogens is 1. The first-order valence-electron chi connectivity index (χ1n) is 7.43. The third-order valence-corrected chi connectivity index (χ3v) is 5.90. The molecule has 3 rings (SSSR count). The molecule has 1 saturated heterocycles. The molecule has 2 atom stereocenters. The number of hydrogen-bond donors (Lipinski definition) is 1. The quantitative estimate of drug-likeness (QED) is 0.924. The van der Waals surface area contributed by atoms with Crippen molar-refractivity contribution in [3.63, 3.8) is 0 Å². The second-order valence-corrected chi connectivity index (χ2v) is 7.15. The molecule has 2 fully saturated rings. The lowest BCUT2D eigenvalue weighted by molar-refractivity contribution is -0.149. The van der Waals surface area contributed by atoms with Crippen molar-refractivity contribution in [2.24, 2.45) is 11.3 Å². The average Bonchev–Trinajstić information content (AvgIpc) is 3.09. The van der Waals surface area contributed by atoms with Gasteiger partial charge in [-0.1, -0.05) is 6.42 Å². The van der Waals surface area contributed by atoms with E-state index in [1.165, 1.54) is 0 Å². The van der Waals surface area contributed by atoms with E-state index in [0.717, 1.165) is 23.5 Å². The summed E-state index contributed by atoms with van der Waals surface area (Å²) in [6.07, 6.45) is 3.69. The fourth-order valence-corrected chi connectivity index (χ4v) is 4.49. The maximum Gasteiger partial charge on any atom is 0.311 e. The van der Waals surface area contributed by atoms with Crippen LogP contribution in [0.15, 0.2) is 5.38 Å². The highest BCUT2D eigenvalue weighted by atomic mass is 32.1. The largest absolute Gasteiger partial charge is 0.481 e. The van der Waals surface area contributed by atoms with Gasteiger partial charge in [-0.3, -0.25) is 9.59 Å². The van der Waals surface area contributed by atoms with Gasteiger partial charge in [-0.2, -0.15) is 0 Å². The van der Waals surface area contributed by atoms with Crippen molar-refractivity contribution >= 4 is 23.2 Å². The molecule has 1 amide bonds. The maximum atomic E-state index is 12.3. The van der Waals surface area contributed by atoms with Crippen LogP contribution in [-0.4, -0.2) is 40.0 Å². The van der Waals surface area contributed by atoms with Gasteiger partial charge in [0.2, 0.25) is 5.91 Å².